The predicted molar refractivity (Wildman–Crippen MR) is 130 cm³/mol. The van der Waals surface area contributed by atoms with Gasteiger partial charge >= 0.3 is 0 Å². The Morgan fingerprint density at radius 2 is 1.34 bits per heavy atom. The summed E-state index contributed by atoms with van der Waals surface area (Å²) in [5, 5.41) is 1.58. The minimum absolute atomic E-state index is 0.106. The van der Waals surface area contributed by atoms with E-state index >= 15 is 0 Å². The highest BCUT2D eigenvalue weighted by atomic mass is 28.3. The van der Waals surface area contributed by atoms with E-state index in [1.165, 1.54) is 6.42 Å². The van der Waals surface area contributed by atoms with Gasteiger partial charge in [0.1, 0.15) is 0 Å². The van der Waals surface area contributed by atoms with E-state index in [2.05, 4.69) is 126 Å². The zero-order chi connectivity index (χ0) is 21.6. The third kappa shape index (κ3) is 4.06. The van der Waals surface area contributed by atoms with E-state index in [1.54, 1.807) is 5.19 Å². The molecule has 1 fully saturated rings. The van der Waals surface area contributed by atoms with Crippen molar-refractivity contribution in [1.29, 1.82) is 0 Å². The Labute approximate surface area is 180 Å². The highest BCUT2D eigenvalue weighted by Gasteiger charge is 2.58. The van der Waals surface area contributed by atoms with Crippen molar-refractivity contribution in [3.05, 3.63) is 54.6 Å². The Balaban J connectivity index is 2.22. The average molecular weight is 411 g/mol. The minimum atomic E-state index is -2.07. The molecule has 0 radical (unpaired) electrons. The molecule has 1 aromatic carbocycles. The van der Waals surface area contributed by atoms with Crippen molar-refractivity contribution in [2.24, 2.45) is 11.8 Å². The zero-order valence-corrected chi connectivity index (χ0v) is 21.1. The Kier molecular flexibility index (Phi) is 6.08. The molecule has 1 saturated carbocycles. The smallest absolute Gasteiger partial charge is 0.161 e. The summed E-state index contributed by atoms with van der Waals surface area (Å²) >= 11 is 0. The van der Waals surface area contributed by atoms with Crippen molar-refractivity contribution in [3.8, 4) is 0 Å². The van der Waals surface area contributed by atoms with Crippen LogP contribution in [0.5, 0.6) is 0 Å². The molecule has 0 heterocycles. The molecule has 3 rings (SSSR count). The van der Waals surface area contributed by atoms with Gasteiger partial charge in [0.15, 0.2) is 8.24 Å². The van der Waals surface area contributed by atoms with Gasteiger partial charge < -0.3 is 9.47 Å². The Morgan fingerprint density at radius 1 is 0.828 bits per heavy atom. The number of allylic oxidation sites excluding steroid dienone is 3. The van der Waals surface area contributed by atoms with Crippen LogP contribution in [0.2, 0.25) is 12.1 Å². The number of benzene rings is 1. The van der Waals surface area contributed by atoms with Crippen LogP contribution in [0, 0.1) is 11.8 Å². The summed E-state index contributed by atoms with van der Waals surface area (Å²) in [4.78, 5) is 2.47. The Morgan fingerprint density at radius 3 is 1.83 bits per heavy atom. The summed E-state index contributed by atoms with van der Waals surface area (Å²) in [5.74, 6) is 1.24. The van der Waals surface area contributed by atoms with Crippen LogP contribution in [0.1, 0.15) is 48.0 Å². The van der Waals surface area contributed by atoms with Crippen LogP contribution in [0.4, 0.5) is 0 Å². The second-order valence-electron chi connectivity index (χ2n) is 11.5. The number of hydrogen-bond acceptors (Lipinski definition) is 2. The van der Waals surface area contributed by atoms with Crippen LogP contribution in [-0.4, -0.2) is 48.9 Å². The average Bonchev–Trinajstić information content (AvgIpc) is 3.00. The molecule has 2 aliphatic carbocycles. The van der Waals surface area contributed by atoms with E-state index in [0.717, 1.165) is 0 Å². The summed E-state index contributed by atoms with van der Waals surface area (Å²) in [6.45, 7) is 17.2. The molecule has 160 valence electrons. The van der Waals surface area contributed by atoms with E-state index in [0.29, 0.717) is 23.4 Å². The molecule has 5 unspecified atom stereocenters. The molecule has 0 aromatic heterocycles. The van der Waals surface area contributed by atoms with E-state index in [-0.39, 0.29) is 11.1 Å². The fraction of sp³-hybridized carbons (Fsp3) is 0.615. The van der Waals surface area contributed by atoms with Crippen LogP contribution in [0.15, 0.2) is 54.6 Å². The van der Waals surface area contributed by atoms with Crippen LogP contribution in [0.3, 0.4) is 0 Å². The van der Waals surface area contributed by atoms with Crippen molar-refractivity contribution in [2.75, 3.05) is 14.1 Å². The maximum Gasteiger partial charge on any atom is 0.161 e. The van der Waals surface area contributed by atoms with Gasteiger partial charge in [0, 0.05) is 17.1 Å². The van der Waals surface area contributed by atoms with E-state index in [4.69, 9.17) is 0 Å². The molecular formula is C26H42N2Si. The van der Waals surface area contributed by atoms with Gasteiger partial charge in [-0.15, -0.1) is 0 Å². The fourth-order valence-corrected chi connectivity index (χ4v) is 13.3. The third-order valence-electron chi connectivity index (χ3n) is 7.18. The summed E-state index contributed by atoms with van der Waals surface area (Å²) in [5.41, 5.74) is 0.895. The maximum absolute atomic E-state index is 2.94. The monoisotopic (exact) mass is 410 g/mol. The van der Waals surface area contributed by atoms with Gasteiger partial charge in [0.2, 0.25) is 0 Å². The summed E-state index contributed by atoms with van der Waals surface area (Å²) < 4.78 is 2.94. The lowest BCUT2D eigenvalue weighted by atomic mass is 9.89. The molecule has 0 bridgehead atoms. The highest BCUT2D eigenvalue weighted by Crippen LogP contribution is 2.53. The van der Waals surface area contributed by atoms with Crippen molar-refractivity contribution in [3.63, 3.8) is 0 Å². The zero-order valence-electron chi connectivity index (χ0n) is 20.1. The van der Waals surface area contributed by atoms with Gasteiger partial charge in [-0.25, -0.2) is 0 Å². The minimum Gasteiger partial charge on any atom is -0.310 e. The molecule has 0 spiro atoms. The van der Waals surface area contributed by atoms with Gasteiger partial charge in [-0.2, -0.15) is 0 Å². The summed E-state index contributed by atoms with van der Waals surface area (Å²) in [6, 6.07) is 12.1. The van der Waals surface area contributed by atoms with Gasteiger partial charge in [-0.3, -0.25) is 0 Å². The first-order valence-electron chi connectivity index (χ1n) is 11.3. The van der Waals surface area contributed by atoms with Crippen molar-refractivity contribution in [1.82, 2.24) is 9.47 Å². The summed E-state index contributed by atoms with van der Waals surface area (Å²) in [6.07, 6.45) is 10.8. The molecule has 2 nitrogen and oxygen atoms in total. The SMILES string of the molecule is CN(C)C1CC([Si](C)(c2ccccc2)N(C(C)(C)C)C(C)(C)C)C2C=CC=CC21. The third-order valence-corrected chi connectivity index (χ3v) is 13.0. The molecule has 29 heavy (non-hydrogen) atoms. The molecular weight excluding hydrogens is 368 g/mol. The second-order valence-corrected chi connectivity index (χ2v) is 15.5. The van der Waals surface area contributed by atoms with Gasteiger partial charge in [-0.05, 0) is 84.6 Å². The van der Waals surface area contributed by atoms with Crippen LogP contribution in [-0.2, 0) is 0 Å². The van der Waals surface area contributed by atoms with Gasteiger partial charge in [0.05, 0.1) is 0 Å². The van der Waals surface area contributed by atoms with Gasteiger partial charge in [-0.1, -0.05) is 61.2 Å². The first-order valence-corrected chi connectivity index (χ1v) is 13.8. The van der Waals surface area contributed by atoms with Crippen molar-refractivity contribution in [2.45, 2.75) is 77.2 Å². The Hall–Kier alpha value is -1.16. The second kappa shape index (κ2) is 7.83. The number of rotatable bonds is 4. The largest absolute Gasteiger partial charge is 0.310 e. The molecule has 0 amide bonds. The lowest BCUT2D eigenvalue weighted by Gasteiger charge is -2.58. The molecule has 2 aliphatic rings. The van der Waals surface area contributed by atoms with Crippen LogP contribution >= 0.6 is 0 Å². The topological polar surface area (TPSA) is 6.48 Å². The van der Waals surface area contributed by atoms with E-state index < -0.39 is 8.24 Å². The first-order chi connectivity index (χ1) is 13.4. The molecule has 0 saturated heterocycles. The maximum atomic E-state index is 2.94. The van der Waals surface area contributed by atoms with Crippen LogP contribution < -0.4 is 5.19 Å². The highest BCUT2D eigenvalue weighted by molar-refractivity contribution is 6.90. The molecule has 0 aliphatic heterocycles. The van der Waals surface area contributed by atoms with Crippen molar-refractivity contribution >= 4 is 13.4 Å². The first kappa shape index (κ1) is 22.5. The molecule has 5 atom stereocenters. The lowest BCUT2D eigenvalue weighted by molar-refractivity contribution is 0.124. The molecule has 3 heteroatoms. The summed E-state index contributed by atoms with van der Waals surface area (Å²) in [7, 11) is 2.47. The van der Waals surface area contributed by atoms with E-state index in [1.807, 2.05) is 0 Å². The quantitative estimate of drug-likeness (QED) is 0.611. The number of hydrogen-bond donors (Lipinski definition) is 0. The fourth-order valence-electron chi connectivity index (χ4n) is 6.85. The normalized spacial score (nSPS) is 29.3. The number of fused-ring (bicyclic) bond motifs is 1. The standard InChI is InChI=1S/C26H42N2Si/c1-25(2,3)28(26(4,5)6)29(9,20-15-11-10-12-16-20)24-19-23(27(7)8)21-17-13-14-18-22(21)24/h10-18,21-24H,19H2,1-9H3. The number of nitrogens with zero attached hydrogens (tertiary/aromatic N) is 2. The molecule has 0 N–H and O–H groups in total. The van der Waals surface area contributed by atoms with Crippen molar-refractivity contribution < 1.29 is 0 Å². The Bertz CT molecular complexity index is 739. The van der Waals surface area contributed by atoms with Gasteiger partial charge in [0.25, 0.3) is 0 Å². The van der Waals surface area contributed by atoms with Crippen LogP contribution in [0.25, 0.3) is 0 Å². The van der Waals surface area contributed by atoms with E-state index in [9.17, 15) is 0 Å². The molecule has 1 aromatic rings. The lowest BCUT2D eigenvalue weighted by Crippen LogP contribution is -2.73. The predicted octanol–water partition coefficient (Wildman–Crippen LogP) is 5.43.